The van der Waals surface area contributed by atoms with Crippen LogP contribution in [0.5, 0.6) is 5.88 Å². The number of hydrogen-bond acceptors (Lipinski definition) is 5. The highest BCUT2D eigenvalue weighted by Crippen LogP contribution is 2.36. The average Bonchev–Trinajstić information content (AvgIpc) is 2.65. The lowest BCUT2D eigenvalue weighted by molar-refractivity contribution is -0.121. The van der Waals surface area contributed by atoms with E-state index in [9.17, 15) is 4.79 Å². The van der Waals surface area contributed by atoms with Gasteiger partial charge in [-0.25, -0.2) is 4.98 Å². The Morgan fingerprint density at radius 2 is 1.80 bits per heavy atom. The number of methoxy groups -OCH3 is 1. The third kappa shape index (κ3) is 4.52. The van der Waals surface area contributed by atoms with Crippen LogP contribution in [0.25, 0.3) is 0 Å². The predicted molar refractivity (Wildman–Crippen MR) is 98.1 cm³/mol. The molecule has 2 heterocycles. The molecule has 7 heteroatoms. The third-order valence-corrected chi connectivity index (χ3v) is 4.53. The molecule has 1 amide bonds. The first-order valence-electron chi connectivity index (χ1n) is 8.54. The van der Waals surface area contributed by atoms with Crippen molar-refractivity contribution >= 4 is 18.5 Å². The van der Waals surface area contributed by atoms with Gasteiger partial charge in [-0.15, -0.1) is 0 Å². The van der Waals surface area contributed by atoms with E-state index < -0.39 is 18.3 Å². The van der Waals surface area contributed by atoms with Crippen LogP contribution in [0.2, 0.25) is 0 Å². The molecule has 0 aliphatic carbocycles. The Morgan fingerprint density at radius 3 is 2.28 bits per heavy atom. The highest BCUT2D eigenvalue weighted by Gasteiger charge is 2.51. The van der Waals surface area contributed by atoms with Gasteiger partial charge in [0, 0.05) is 22.8 Å². The minimum Gasteiger partial charge on any atom is -0.481 e. The molecule has 0 unspecified atom stereocenters. The third-order valence-electron chi connectivity index (χ3n) is 4.53. The Labute approximate surface area is 150 Å². The second kappa shape index (κ2) is 6.61. The molecule has 1 saturated heterocycles. The van der Waals surface area contributed by atoms with E-state index in [1.165, 1.54) is 0 Å². The van der Waals surface area contributed by atoms with Crippen LogP contribution in [0.3, 0.4) is 0 Å². The van der Waals surface area contributed by atoms with E-state index in [0.717, 1.165) is 5.46 Å². The number of rotatable bonds is 4. The minimum atomic E-state index is -0.521. The SMILES string of the molecule is COc1ncc(B2OC(C)(C)C(C)(C)O2)cc1CC(=O)NC(C)(C)C. The average molecular weight is 348 g/mol. The number of carbonyl (C=O) groups excluding carboxylic acids is 1. The van der Waals surface area contributed by atoms with Gasteiger partial charge in [0.05, 0.1) is 24.7 Å². The monoisotopic (exact) mass is 348 g/mol. The van der Waals surface area contributed by atoms with Crippen LogP contribution in [-0.4, -0.2) is 41.9 Å². The molecule has 1 aromatic rings. The van der Waals surface area contributed by atoms with Crippen molar-refractivity contribution in [2.24, 2.45) is 0 Å². The van der Waals surface area contributed by atoms with Crippen molar-refractivity contribution in [3.05, 3.63) is 17.8 Å². The van der Waals surface area contributed by atoms with Gasteiger partial charge in [0.15, 0.2) is 0 Å². The maximum Gasteiger partial charge on any atom is 0.496 e. The predicted octanol–water partition coefficient (Wildman–Crippen LogP) is 1.85. The molecule has 0 saturated carbocycles. The largest absolute Gasteiger partial charge is 0.496 e. The molecule has 25 heavy (non-hydrogen) atoms. The minimum absolute atomic E-state index is 0.0846. The van der Waals surface area contributed by atoms with E-state index in [4.69, 9.17) is 14.0 Å². The molecule has 1 aliphatic rings. The Hall–Kier alpha value is -1.60. The summed E-state index contributed by atoms with van der Waals surface area (Å²) in [5.41, 5.74) is 0.332. The van der Waals surface area contributed by atoms with Crippen LogP contribution in [0.1, 0.15) is 54.0 Å². The van der Waals surface area contributed by atoms with Gasteiger partial charge in [-0.05, 0) is 48.5 Å². The fraction of sp³-hybridized carbons (Fsp3) is 0.667. The lowest BCUT2D eigenvalue weighted by Crippen LogP contribution is -2.41. The molecule has 0 bridgehead atoms. The molecule has 6 nitrogen and oxygen atoms in total. The van der Waals surface area contributed by atoms with Gasteiger partial charge in [-0.1, -0.05) is 6.07 Å². The summed E-state index contributed by atoms with van der Waals surface area (Å²) in [5, 5.41) is 2.95. The molecule has 138 valence electrons. The first-order valence-corrected chi connectivity index (χ1v) is 8.54. The lowest BCUT2D eigenvalue weighted by atomic mass is 9.79. The molecule has 1 aromatic heterocycles. The zero-order valence-electron chi connectivity index (χ0n) is 16.5. The van der Waals surface area contributed by atoms with Crippen molar-refractivity contribution in [2.75, 3.05) is 7.11 Å². The maximum absolute atomic E-state index is 12.3. The number of pyridine rings is 1. The van der Waals surface area contributed by atoms with Crippen LogP contribution in [-0.2, 0) is 20.5 Å². The van der Waals surface area contributed by atoms with E-state index in [1.807, 2.05) is 54.5 Å². The van der Waals surface area contributed by atoms with E-state index in [-0.39, 0.29) is 17.9 Å². The number of nitrogens with one attached hydrogen (secondary N) is 1. The van der Waals surface area contributed by atoms with Gasteiger partial charge in [0.1, 0.15) is 0 Å². The molecular formula is C18H29BN2O4. The smallest absolute Gasteiger partial charge is 0.481 e. The summed E-state index contributed by atoms with van der Waals surface area (Å²) in [6.45, 7) is 13.8. The molecule has 0 aromatic carbocycles. The number of amides is 1. The van der Waals surface area contributed by atoms with Crippen molar-refractivity contribution in [3.63, 3.8) is 0 Å². The van der Waals surface area contributed by atoms with Crippen LogP contribution >= 0.6 is 0 Å². The van der Waals surface area contributed by atoms with Crippen molar-refractivity contribution < 1.29 is 18.8 Å². The quantitative estimate of drug-likeness (QED) is 0.841. The molecule has 1 N–H and O–H groups in total. The first-order chi connectivity index (χ1) is 11.3. The van der Waals surface area contributed by atoms with E-state index in [1.54, 1.807) is 13.3 Å². The van der Waals surface area contributed by atoms with E-state index in [2.05, 4.69) is 10.3 Å². The standard InChI is InChI=1S/C18H29BN2O4/c1-16(2,3)21-14(22)10-12-9-13(11-20-15(12)23-8)19-24-17(4,5)18(6,7)25-19/h9,11H,10H2,1-8H3,(H,21,22). The summed E-state index contributed by atoms with van der Waals surface area (Å²) in [4.78, 5) is 16.6. The van der Waals surface area contributed by atoms with Gasteiger partial charge in [0.25, 0.3) is 0 Å². The lowest BCUT2D eigenvalue weighted by Gasteiger charge is -2.32. The Bertz CT molecular complexity index is 637. The second-order valence-electron chi connectivity index (χ2n) is 8.50. The summed E-state index contributed by atoms with van der Waals surface area (Å²) >= 11 is 0. The molecule has 0 radical (unpaired) electrons. The Morgan fingerprint density at radius 1 is 1.24 bits per heavy atom. The Kier molecular flexibility index (Phi) is 5.22. The van der Waals surface area contributed by atoms with Crippen molar-refractivity contribution in [1.29, 1.82) is 0 Å². The highest BCUT2D eigenvalue weighted by atomic mass is 16.7. The van der Waals surface area contributed by atoms with Gasteiger partial charge in [0.2, 0.25) is 11.8 Å². The molecule has 0 atom stereocenters. The number of nitrogens with zero attached hydrogens (tertiary/aromatic N) is 1. The van der Waals surface area contributed by atoms with Crippen molar-refractivity contribution in [2.45, 2.75) is 71.6 Å². The second-order valence-corrected chi connectivity index (χ2v) is 8.50. The van der Waals surface area contributed by atoms with Gasteiger partial charge in [-0.2, -0.15) is 0 Å². The van der Waals surface area contributed by atoms with E-state index >= 15 is 0 Å². The zero-order chi connectivity index (χ0) is 19.0. The summed E-state index contributed by atoms with van der Waals surface area (Å²) in [5.74, 6) is 0.350. The summed E-state index contributed by atoms with van der Waals surface area (Å²) in [6.07, 6.45) is 1.85. The van der Waals surface area contributed by atoms with Crippen LogP contribution < -0.4 is 15.5 Å². The number of ether oxygens (including phenoxy) is 1. The molecule has 2 rings (SSSR count). The maximum atomic E-state index is 12.3. The normalized spacial score (nSPS) is 19.0. The van der Waals surface area contributed by atoms with Gasteiger partial charge >= 0.3 is 7.12 Å². The van der Waals surface area contributed by atoms with Crippen LogP contribution in [0, 0.1) is 0 Å². The zero-order valence-corrected chi connectivity index (χ0v) is 16.5. The fourth-order valence-corrected chi connectivity index (χ4v) is 2.57. The van der Waals surface area contributed by atoms with Crippen LogP contribution in [0.15, 0.2) is 12.3 Å². The summed E-state index contributed by atoms with van der Waals surface area (Å²) in [6, 6.07) is 1.87. The van der Waals surface area contributed by atoms with Gasteiger partial charge < -0.3 is 19.4 Å². The molecule has 1 fully saturated rings. The first kappa shape index (κ1) is 19.7. The summed E-state index contributed by atoms with van der Waals surface area (Å²) in [7, 11) is 1.02. The van der Waals surface area contributed by atoms with E-state index in [0.29, 0.717) is 11.4 Å². The number of carbonyl (C=O) groups is 1. The number of hydrogen-bond donors (Lipinski definition) is 1. The van der Waals surface area contributed by atoms with Crippen molar-refractivity contribution in [1.82, 2.24) is 10.3 Å². The number of aromatic nitrogens is 1. The molecular weight excluding hydrogens is 319 g/mol. The highest BCUT2D eigenvalue weighted by molar-refractivity contribution is 6.62. The summed E-state index contributed by atoms with van der Waals surface area (Å²) < 4.78 is 17.4. The fourth-order valence-electron chi connectivity index (χ4n) is 2.57. The van der Waals surface area contributed by atoms with Gasteiger partial charge in [-0.3, -0.25) is 4.79 Å². The topological polar surface area (TPSA) is 69.7 Å². The van der Waals surface area contributed by atoms with Crippen LogP contribution in [0.4, 0.5) is 0 Å². The molecule has 0 spiro atoms. The Balaban J connectivity index is 2.24. The molecule has 1 aliphatic heterocycles. The van der Waals surface area contributed by atoms with Crippen molar-refractivity contribution in [3.8, 4) is 5.88 Å².